The molecule has 0 saturated carbocycles. The van der Waals surface area contributed by atoms with Crippen molar-refractivity contribution < 1.29 is 4.74 Å². The number of nitrogens with zero attached hydrogens (tertiary/aromatic N) is 5. The first-order chi connectivity index (χ1) is 13.3. The van der Waals surface area contributed by atoms with Gasteiger partial charge in [0.05, 0.1) is 17.6 Å². The summed E-state index contributed by atoms with van der Waals surface area (Å²) in [5.41, 5.74) is 3.54. The van der Waals surface area contributed by atoms with Crippen LogP contribution < -0.4 is 9.80 Å². The van der Waals surface area contributed by atoms with Gasteiger partial charge in [-0.15, -0.1) is 0 Å². The molecular weight excluding hydrogens is 338 g/mol. The summed E-state index contributed by atoms with van der Waals surface area (Å²) in [6.45, 7) is 7.19. The van der Waals surface area contributed by atoms with E-state index in [0.717, 1.165) is 70.4 Å². The van der Waals surface area contributed by atoms with Crippen molar-refractivity contribution in [3.05, 3.63) is 42.2 Å². The van der Waals surface area contributed by atoms with Gasteiger partial charge in [-0.25, -0.2) is 9.97 Å². The van der Waals surface area contributed by atoms with E-state index in [1.165, 1.54) is 17.8 Å². The van der Waals surface area contributed by atoms with E-state index in [1.807, 2.05) is 6.20 Å². The Kier molecular flexibility index (Phi) is 5.84. The summed E-state index contributed by atoms with van der Waals surface area (Å²) >= 11 is 0. The van der Waals surface area contributed by atoms with Gasteiger partial charge in [-0.3, -0.25) is 4.90 Å². The van der Waals surface area contributed by atoms with Crippen molar-refractivity contribution in [3.63, 3.8) is 0 Å². The maximum Gasteiger partial charge on any atom is 0.225 e. The molecule has 0 N–H and O–H groups in total. The highest BCUT2D eigenvalue weighted by Gasteiger charge is 2.25. The standard InChI is InChI=1S/C21H29N5O/c1-27-16-6-5-10-24-12-14-25(15-13-24)21-22-17-20-19(23-21)9-11-26(20)18-7-3-2-4-8-18/h2-4,7-8,17H,5-6,9-16H2,1H3. The lowest BCUT2D eigenvalue weighted by atomic mass is 10.2. The fourth-order valence-electron chi connectivity index (χ4n) is 3.93. The van der Waals surface area contributed by atoms with E-state index in [9.17, 15) is 0 Å². The molecule has 0 atom stereocenters. The Hall–Kier alpha value is -2.18. The number of benzene rings is 1. The molecule has 27 heavy (non-hydrogen) atoms. The number of piperazine rings is 1. The normalized spacial score (nSPS) is 17.4. The van der Waals surface area contributed by atoms with Gasteiger partial charge in [0.2, 0.25) is 5.95 Å². The highest BCUT2D eigenvalue weighted by Crippen LogP contribution is 2.33. The summed E-state index contributed by atoms with van der Waals surface area (Å²) in [6, 6.07) is 10.5. The molecule has 0 spiro atoms. The lowest BCUT2D eigenvalue weighted by Gasteiger charge is -2.34. The second kappa shape index (κ2) is 8.67. The van der Waals surface area contributed by atoms with Crippen molar-refractivity contribution in [1.82, 2.24) is 14.9 Å². The second-order valence-corrected chi connectivity index (χ2v) is 7.27. The molecule has 1 aromatic carbocycles. The van der Waals surface area contributed by atoms with E-state index in [-0.39, 0.29) is 0 Å². The van der Waals surface area contributed by atoms with Gasteiger partial charge >= 0.3 is 0 Å². The van der Waals surface area contributed by atoms with Crippen molar-refractivity contribution in [3.8, 4) is 0 Å². The molecule has 0 bridgehead atoms. The van der Waals surface area contributed by atoms with Gasteiger partial charge in [-0.1, -0.05) is 18.2 Å². The van der Waals surface area contributed by atoms with E-state index >= 15 is 0 Å². The Morgan fingerprint density at radius 3 is 2.59 bits per heavy atom. The van der Waals surface area contributed by atoms with Gasteiger partial charge < -0.3 is 14.5 Å². The zero-order valence-electron chi connectivity index (χ0n) is 16.2. The van der Waals surface area contributed by atoms with E-state index in [2.05, 4.69) is 45.0 Å². The van der Waals surface area contributed by atoms with Gasteiger partial charge in [0.15, 0.2) is 0 Å². The monoisotopic (exact) mass is 367 g/mol. The number of methoxy groups -OCH3 is 1. The van der Waals surface area contributed by atoms with Crippen molar-refractivity contribution >= 4 is 17.3 Å². The number of para-hydroxylation sites is 1. The molecule has 2 aromatic rings. The smallest absolute Gasteiger partial charge is 0.225 e. The van der Waals surface area contributed by atoms with E-state index in [1.54, 1.807) is 7.11 Å². The first kappa shape index (κ1) is 18.2. The zero-order chi connectivity index (χ0) is 18.5. The van der Waals surface area contributed by atoms with Crippen LogP contribution in [0.25, 0.3) is 0 Å². The molecule has 2 aliphatic heterocycles. The largest absolute Gasteiger partial charge is 0.385 e. The van der Waals surface area contributed by atoms with Gasteiger partial charge in [-0.2, -0.15) is 0 Å². The van der Waals surface area contributed by atoms with Crippen LogP contribution in [0.5, 0.6) is 0 Å². The summed E-state index contributed by atoms with van der Waals surface area (Å²) in [6.07, 6.45) is 5.34. The van der Waals surface area contributed by atoms with E-state index < -0.39 is 0 Å². The molecule has 3 heterocycles. The molecular formula is C21H29N5O. The van der Waals surface area contributed by atoms with Crippen LogP contribution in [-0.2, 0) is 11.2 Å². The number of hydrogen-bond acceptors (Lipinski definition) is 6. The predicted molar refractivity (Wildman–Crippen MR) is 109 cm³/mol. The molecule has 6 heteroatoms. The minimum Gasteiger partial charge on any atom is -0.385 e. The van der Waals surface area contributed by atoms with Crippen molar-refractivity contribution in [2.75, 3.05) is 62.8 Å². The van der Waals surface area contributed by atoms with Crippen LogP contribution in [0.3, 0.4) is 0 Å². The fourth-order valence-corrected chi connectivity index (χ4v) is 3.93. The lowest BCUT2D eigenvalue weighted by molar-refractivity contribution is 0.182. The third-order valence-corrected chi connectivity index (χ3v) is 5.49. The third-order valence-electron chi connectivity index (χ3n) is 5.49. The topological polar surface area (TPSA) is 44.7 Å². The SMILES string of the molecule is COCCCCN1CCN(c2ncc3c(n2)CCN3c2ccccc2)CC1. The summed E-state index contributed by atoms with van der Waals surface area (Å²) in [5, 5.41) is 0. The maximum absolute atomic E-state index is 5.13. The van der Waals surface area contributed by atoms with Crippen LogP contribution in [-0.4, -0.2) is 67.9 Å². The molecule has 0 unspecified atom stereocenters. The average molecular weight is 367 g/mol. The number of aromatic nitrogens is 2. The van der Waals surface area contributed by atoms with Crippen LogP contribution in [0.15, 0.2) is 36.5 Å². The first-order valence-corrected chi connectivity index (χ1v) is 10.00. The Bertz CT molecular complexity index is 731. The number of rotatable bonds is 7. The van der Waals surface area contributed by atoms with E-state index in [0.29, 0.717) is 0 Å². The van der Waals surface area contributed by atoms with Crippen molar-refractivity contribution in [2.45, 2.75) is 19.3 Å². The molecule has 1 aromatic heterocycles. The van der Waals surface area contributed by atoms with Gasteiger partial charge in [-0.05, 0) is 31.5 Å². The number of hydrogen-bond donors (Lipinski definition) is 0. The van der Waals surface area contributed by atoms with Gasteiger partial charge in [0.25, 0.3) is 0 Å². The quantitative estimate of drug-likeness (QED) is 0.701. The van der Waals surface area contributed by atoms with Crippen molar-refractivity contribution in [2.24, 2.45) is 0 Å². The first-order valence-electron chi connectivity index (χ1n) is 10.00. The van der Waals surface area contributed by atoms with Crippen molar-refractivity contribution in [1.29, 1.82) is 0 Å². The maximum atomic E-state index is 5.13. The Morgan fingerprint density at radius 2 is 1.81 bits per heavy atom. The number of unbranched alkanes of at least 4 members (excludes halogenated alkanes) is 1. The van der Waals surface area contributed by atoms with Crippen LogP contribution in [0.1, 0.15) is 18.5 Å². The number of anilines is 3. The van der Waals surface area contributed by atoms with E-state index in [4.69, 9.17) is 14.7 Å². The Labute approximate surface area is 161 Å². The minimum absolute atomic E-state index is 0.864. The second-order valence-electron chi connectivity index (χ2n) is 7.27. The van der Waals surface area contributed by atoms with Crippen LogP contribution in [0.4, 0.5) is 17.3 Å². The molecule has 2 aliphatic rings. The number of fused-ring (bicyclic) bond motifs is 1. The Morgan fingerprint density at radius 1 is 1.00 bits per heavy atom. The zero-order valence-corrected chi connectivity index (χ0v) is 16.2. The molecule has 6 nitrogen and oxygen atoms in total. The Balaban J connectivity index is 1.35. The summed E-state index contributed by atoms with van der Waals surface area (Å²) < 4.78 is 5.13. The highest BCUT2D eigenvalue weighted by molar-refractivity contribution is 5.68. The average Bonchev–Trinajstić information content (AvgIpc) is 3.16. The molecule has 4 rings (SSSR count). The van der Waals surface area contributed by atoms with Crippen LogP contribution >= 0.6 is 0 Å². The fraction of sp³-hybridized carbons (Fsp3) is 0.524. The number of ether oxygens (including phenoxy) is 1. The predicted octanol–water partition coefficient (Wildman–Crippen LogP) is 2.72. The molecule has 1 fully saturated rings. The molecule has 0 amide bonds. The molecule has 0 aliphatic carbocycles. The minimum atomic E-state index is 0.864. The van der Waals surface area contributed by atoms with Gasteiger partial charge in [0.1, 0.15) is 0 Å². The third kappa shape index (κ3) is 4.22. The summed E-state index contributed by atoms with van der Waals surface area (Å²) in [4.78, 5) is 16.8. The summed E-state index contributed by atoms with van der Waals surface area (Å²) in [7, 11) is 1.77. The van der Waals surface area contributed by atoms with Crippen LogP contribution in [0.2, 0.25) is 0 Å². The summed E-state index contributed by atoms with van der Waals surface area (Å²) in [5.74, 6) is 0.891. The molecule has 144 valence electrons. The molecule has 1 saturated heterocycles. The highest BCUT2D eigenvalue weighted by atomic mass is 16.5. The van der Waals surface area contributed by atoms with Crippen LogP contribution in [0, 0.1) is 0 Å². The van der Waals surface area contributed by atoms with Gasteiger partial charge in [0, 0.05) is 58.5 Å². The molecule has 0 radical (unpaired) electrons. The lowest BCUT2D eigenvalue weighted by Crippen LogP contribution is -2.47.